The number of para-hydroxylation sites is 1. The Labute approximate surface area is 105 Å². The summed E-state index contributed by atoms with van der Waals surface area (Å²) in [6, 6.07) is 15.6. The van der Waals surface area contributed by atoms with Crippen molar-refractivity contribution in [1.29, 1.82) is 0 Å². The van der Waals surface area contributed by atoms with E-state index in [-0.39, 0.29) is 5.78 Å². The molecule has 3 heteroatoms. The second-order valence-electron chi connectivity index (χ2n) is 4.24. The summed E-state index contributed by atoms with van der Waals surface area (Å²) in [6.45, 7) is 0.355. The number of aromatic amines is 1. The summed E-state index contributed by atoms with van der Waals surface area (Å²) >= 11 is 0. The van der Waals surface area contributed by atoms with Gasteiger partial charge in [0, 0.05) is 23.0 Å². The van der Waals surface area contributed by atoms with Gasteiger partial charge in [-0.15, -0.1) is 0 Å². The molecule has 0 unspecified atom stereocenters. The van der Waals surface area contributed by atoms with Crippen molar-refractivity contribution in [1.82, 2.24) is 4.98 Å². The van der Waals surface area contributed by atoms with Crippen LogP contribution in [0.4, 0.5) is 0 Å². The Balaban J connectivity index is 1.88. The molecule has 2 heterocycles. The number of benzene rings is 1. The van der Waals surface area contributed by atoms with Crippen LogP contribution in [0.15, 0.2) is 60.9 Å². The van der Waals surface area contributed by atoms with Crippen LogP contribution in [0, 0.1) is 0 Å². The van der Waals surface area contributed by atoms with Crippen molar-refractivity contribution in [2.75, 3.05) is 0 Å². The van der Waals surface area contributed by atoms with Crippen molar-refractivity contribution >= 4 is 16.7 Å². The quantitative estimate of drug-likeness (QED) is 0.551. The fourth-order valence-electron chi connectivity index (χ4n) is 2.01. The molecule has 3 rings (SSSR count). The van der Waals surface area contributed by atoms with Crippen LogP contribution in [0.2, 0.25) is 0 Å². The van der Waals surface area contributed by atoms with Gasteiger partial charge in [0.15, 0.2) is 12.4 Å². The maximum Gasteiger partial charge on any atom is 0.243 e. The number of carbonyl (C=O) groups excluding carboxylic acids is 1. The van der Waals surface area contributed by atoms with Gasteiger partial charge in [-0.3, -0.25) is 4.79 Å². The Kier molecular flexibility index (Phi) is 2.65. The Morgan fingerprint density at radius 3 is 2.61 bits per heavy atom. The largest absolute Gasteiger partial charge is 0.352 e. The van der Waals surface area contributed by atoms with Crippen LogP contribution in [0.25, 0.3) is 10.9 Å². The van der Waals surface area contributed by atoms with Crippen LogP contribution in [0.1, 0.15) is 10.5 Å². The average Bonchev–Trinajstić information content (AvgIpc) is 2.84. The number of aromatic nitrogens is 2. The minimum absolute atomic E-state index is 0.0856. The Morgan fingerprint density at radius 1 is 1.06 bits per heavy atom. The fraction of sp³-hybridized carbons (Fsp3) is 0.0667. The van der Waals surface area contributed by atoms with Crippen LogP contribution in [-0.4, -0.2) is 10.8 Å². The topological polar surface area (TPSA) is 36.7 Å². The lowest BCUT2D eigenvalue weighted by Gasteiger charge is -1.94. The van der Waals surface area contributed by atoms with Crippen molar-refractivity contribution < 1.29 is 9.36 Å². The van der Waals surface area contributed by atoms with Crippen LogP contribution >= 0.6 is 0 Å². The SMILES string of the molecule is O=C(C[n+]1ccccc1)c1cc2ccccc2[nH]1. The Hall–Kier alpha value is -2.42. The molecule has 0 atom stereocenters. The van der Waals surface area contributed by atoms with Crippen molar-refractivity contribution in [3.63, 3.8) is 0 Å². The van der Waals surface area contributed by atoms with E-state index in [0.717, 1.165) is 10.9 Å². The zero-order valence-electron chi connectivity index (χ0n) is 9.84. The van der Waals surface area contributed by atoms with Crippen molar-refractivity contribution in [3.05, 3.63) is 66.6 Å². The van der Waals surface area contributed by atoms with Gasteiger partial charge >= 0.3 is 0 Å². The van der Waals surface area contributed by atoms with Gasteiger partial charge in [-0.25, -0.2) is 0 Å². The maximum absolute atomic E-state index is 12.1. The molecule has 0 aliphatic heterocycles. The lowest BCUT2D eigenvalue weighted by molar-refractivity contribution is -0.683. The number of pyridine rings is 1. The van der Waals surface area contributed by atoms with Crippen LogP contribution in [0.3, 0.4) is 0 Å². The molecule has 0 saturated carbocycles. The smallest absolute Gasteiger partial charge is 0.243 e. The van der Waals surface area contributed by atoms with Gasteiger partial charge in [-0.1, -0.05) is 24.3 Å². The minimum atomic E-state index is 0.0856. The van der Waals surface area contributed by atoms with Gasteiger partial charge in [0.2, 0.25) is 12.3 Å². The predicted molar refractivity (Wildman–Crippen MR) is 69.3 cm³/mol. The molecular formula is C15H13N2O+. The van der Waals surface area contributed by atoms with Crippen LogP contribution < -0.4 is 4.57 Å². The molecule has 0 saturated heterocycles. The molecule has 0 fully saturated rings. The number of hydrogen-bond acceptors (Lipinski definition) is 1. The predicted octanol–water partition coefficient (Wildman–Crippen LogP) is 2.34. The first-order valence-corrected chi connectivity index (χ1v) is 5.88. The lowest BCUT2D eigenvalue weighted by Crippen LogP contribution is -2.36. The summed E-state index contributed by atoms with van der Waals surface area (Å²) < 4.78 is 1.87. The minimum Gasteiger partial charge on any atom is -0.352 e. The molecule has 0 aliphatic rings. The summed E-state index contributed by atoms with van der Waals surface area (Å²) in [4.78, 5) is 15.3. The molecule has 2 aromatic heterocycles. The third-order valence-electron chi connectivity index (χ3n) is 2.93. The number of carbonyl (C=O) groups is 1. The number of rotatable bonds is 3. The van der Waals surface area contributed by atoms with Crippen LogP contribution in [-0.2, 0) is 6.54 Å². The van der Waals surface area contributed by atoms with Crippen molar-refractivity contribution in [3.8, 4) is 0 Å². The summed E-state index contributed by atoms with van der Waals surface area (Å²) in [5.41, 5.74) is 1.66. The number of ketones is 1. The van der Waals surface area contributed by atoms with E-state index in [4.69, 9.17) is 0 Å². The highest BCUT2D eigenvalue weighted by Gasteiger charge is 2.13. The highest BCUT2D eigenvalue weighted by molar-refractivity contribution is 5.98. The first-order chi connectivity index (χ1) is 8.83. The molecule has 0 amide bonds. The second-order valence-corrected chi connectivity index (χ2v) is 4.24. The third-order valence-corrected chi connectivity index (χ3v) is 2.93. The molecule has 1 aromatic carbocycles. The van der Waals surface area contributed by atoms with Gasteiger partial charge in [0.05, 0.1) is 5.69 Å². The van der Waals surface area contributed by atoms with E-state index in [2.05, 4.69) is 4.98 Å². The lowest BCUT2D eigenvalue weighted by atomic mass is 10.2. The molecule has 0 aliphatic carbocycles. The molecule has 18 heavy (non-hydrogen) atoms. The van der Waals surface area contributed by atoms with Gasteiger partial charge < -0.3 is 4.98 Å². The van der Waals surface area contributed by atoms with E-state index in [9.17, 15) is 4.79 Å². The van der Waals surface area contributed by atoms with Gasteiger partial charge in [-0.05, 0) is 12.1 Å². The van der Waals surface area contributed by atoms with E-state index in [1.54, 1.807) is 0 Å². The summed E-state index contributed by atoms with van der Waals surface area (Å²) in [5, 5.41) is 1.07. The summed E-state index contributed by atoms with van der Waals surface area (Å²) in [7, 11) is 0. The Morgan fingerprint density at radius 2 is 1.83 bits per heavy atom. The molecule has 0 spiro atoms. The summed E-state index contributed by atoms with van der Waals surface area (Å²) in [5.74, 6) is 0.0856. The van der Waals surface area contributed by atoms with Gasteiger partial charge in [0.25, 0.3) is 0 Å². The third kappa shape index (κ3) is 2.02. The number of H-pyrrole nitrogens is 1. The number of nitrogens with zero attached hydrogens (tertiary/aromatic N) is 1. The van der Waals surface area contributed by atoms with Gasteiger partial charge in [0.1, 0.15) is 0 Å². The van der Waals surface area contributed by atoms with Crippen LogP contribution in [0.5, 0.6) is 0 Å². The highest BCUT2D eigenvalue weighted by atomic mass is 16.1. The highest BCUT2D eigenvalue weighted by Crippen LogP contribution is 2.14. The van der Waals surface area contributed by atoms with Crippen molar-refractivity contribution in [2.24, 2.45) is 0 Å². The van der Waals surface area contributed by atoms with E-state index in [1.807, 2.05) is 65.5 Å². The standard InChI is InChI=1S/C15H12N2O/c18-15(11-17-8-4-1-5-9-17)14-10-12-6-2-3-7-13(12)16-14/h1-10H,11H2/p+1. The molecule has 3 nitrogen and oxygen atoms in total. The number of fused-ring (bicyclic) bond motifs is 1. The number of nitrogens with one attached hydrogen (secondary N) is 1. The van der Waals surface area contributed by atoms with E-state index in [0.29, 0.717) is 12.2 Å². The molecule has 0 bridgehead atoms. The fourth-order valence-corrected chi connectivity index (χ4v) is 2.01. The Bertz CT molecular complexity index is 653. The van der Waals surface area contributed by atoms with E-state index >= 15 is 0 Å². The molecule has 3 aromatic rings. The van der Waals surface area contributed by atoms with E-state index < -0.39 is 0 Å². The maximum atomic E-state index is 12.1. The van der Waals surface area contributed by atoms with Crippen molar-refractivity contribution in [2.45, 2.75) is 6.54 Å². The van der Waals surface area contributed by atoms with E-state index in [1.165, 1.54) is 0 Å². The molecule has 1 N–H and O–H groups in total. The first kappa shape index (κ1) is 10.7. The zero-order valence-corrected chi connectivity index (χ0v) is 9.84. The normalized spacial score (nSPS) is 10.7. The monoisotopic (exact) mass is 237 g/mol. The number of hydrogen-bond donors (Lipinski definition) is 1. The average molecular weight is 237 g/mol. The molecule has 0 radical (unpaired) electrons. The molecule has 88 valence electrons. The second kappa shape index (κ2) is 4.45. The number of Topliss-reactive ketones (excluding diaryl/α,β-unsaturated/α-hetero) is 1. The van der Waals surface area contributed by atoms with Gasteiger partial charge in [-0.2, -0.15) is 4.57 Å². The summed E-state index contributed by atoms with van der Waals surface area (Å²) in [6.07, 6.45) is 3.78. The zero-order chi connectivity index (χ0) is 12.4. The first-order valence-electron chi connectivity index (χ1n) is 5.88. The molecular weight excluding hydrogens is 224 g/mol.